The van der Waals surface area contributed by atoms with Crippen LogP contribution in [0.15, 0.2) is 73.1 Å². The molecule has 0 spiro atoms. The van der Waals surface area contributed by atoms with Gasteiger partial charge in [-0.1, -0.05) is 23.5 Å². The second kappa shape index (κ2) is 9.48. The van der Waals surface area contributed by atoms with Gasteiger partial charge >= 0.3 is 5.97 Å². The molecule has 0 saturated carbocycles. The van der Waals surface area contributed by atoms with Gasteiger partial charge in [-0.15, -0.1) is 10.2 Å². The van der Waals surface area contributed by atoms with Crippen molar-refractivity contribution in [3.63, 3.8) is 0 Å². The van der Waals surface area contributed by atoms with Crippen LogP contribution in [0.3, 0.4) is 0 Å². The highest BCUT2D eigenvalue weighted by molar-refractivity contribution is 7.17. The lowest BCUT2D eigenvalue weighted by atomic mass is 10.1. The van der Waals surface area contributed by atoms with Crippen LogP contribution in [0.25, 0.3) is 21.1 Å². The van der Waals surface area contributed by atoms with E-state index >= 15 is 0 Å². The number of nitrogens with zero attached hydrogens (tertiary/aromatic N) is 5. The monoisotopic (exact) mass is 457 g/mol. The molecule has 1 N–H and O–H groups in total. The van der Waals surface area contributed by atoms with Crippen LogP contribution in [0.1, 0.15) is 15.9 Å². The summed E-state index contributed by atoms with van der Waals surface area (Å²) in [7, 11) is 0. The van der Waals surface area contributed by atoms with Crippen molar-refractivity contribution in [1.29, 1.82) is 0 Å². The standard InChI is InChI=1S/C25H23N5O2S/c31-25(32)21-3-1-19(2-4-21)23-27-28-24(33-23)20-5-7-22(8-6-20)30-15-13-29(14-16-30)17-18-9-11-26-12-10-18/h1-12H,13-17H2,(H,31,32). The van der Waals surface area contributed by atoms with E-state index in [0.717, 1.165) is 53.9 Å². The molecule has 0 aliphatic carbocycles. The number of benzene rings is 2. The van der Waals surface area contributed by atoms with Crippen molar-refractivity contribution in [2.45, 2.75) is 6.54 Å². The first-order valence-corrected chi connectivity index (χ1v) is 11.6. The Bertz CT molecular complexity index is 1220. The maximum absolute atomic E-state index is 11.0. The number of piperazine rings is 1. The highest BCUT2D eigenvalue weighted by atomic mass is 32.1. The number of pyridine rings is 1. The largest absolute Gasteiger partial charge is 0.478 e. The summed E-state index contributed by atoms with van der Waals surface area (Å²) in [6, 6.07) is 19.4. The van der Waals surface area contributed by atoms with Crippen LogP contribution in [0.4, 0.5) is 5.69 Å². The molecule has 1 aliphatic rings. The van der Waals surface area contributed by atoms with Crippen LogP contribution in [-0.4, -0.2) is 57.3 Å². The first-order chi connectivity index (χ1) is 16.2. The third-order valence-corrected chi connectivity index (χ3v) is 6.83. The smallest absolute Gasteiger partial charge is 0.335 e. The lowest BCUT2D eigenvalue weighted by Crippen LogP contribution is -2.45. The van der Waals surface area contributed by atoms with Crippen molar-refractivity contribution in [1.82, 2.24) is 20.1 Å². The molecule has 0 atom stereocenters. The van der Waals surface area contributed by atoms with Crippen molar-refractivity contribution in [2.75, 3.05) is 31.1 Å². The van der Waals surface area contributed by atoms with Crippen LogP contribution in [0.5, 0.6) is 0 Å². The third-order valence-electron chi connectivity index (χ3n) is 5.81. The molecule has 3 heterocycles. The van der Waals surface area contributed by atoms with Gasteiger partial charge in [0.2, 0.25) is 0 Å². The van der Waals surface area contributed by atoms with Gasteiger partial charge in [-0.05, 0) is 54.1 Å². The summed E-state index contributed by atoms with van der Waals surface area (Å²) in [6.07, 6.45) is 3.70. The summed E-state index contributed by atoms with van der Waals surface area (Å²) in [4.78, 5) is 20.0. The van der Waals surface area contributed by atoms with E-state index in [9.17, 15) is 4.79 Å². The molecule has 4 aromatic rings. The van der Waals surface area contributed by atoms with Crippen LogP contribution in [-0.2, 0) is 6.54 Å². The minimum absolute atomic E-state index is 0.261. The summed E-state index contributed by atoms with van der Waals surface area (Å²) < 4.78 is 0. The van der Waals surface area contributed by atoms with Gasteiger partial charge in [-0.2, -0.15) is 0 Å². The van der Waals surface area contributed by atoms with Gasteiger partial charge in [-0.3, -0.25) is 9.88 Å². The molecule has 166 valence electrons. The molecule has 8 heteroatoms. The number of hydrogen-bond acceptors (Lipinski definition) is 7. The zero-order chi connectivity index (χ0) is 22.6. The number of carboxylic acid groups (broad SMARTS) is 1. The molecule has 2 aromatic heterocycles. The van der Waals surface area contributed by atoms with Crippen molar-refractivity contribution in [3.8, 4) is 21.1 Å². The predicted molar refractivity (Wildman–Crippen MR) is 129 cm³/mol. The maximum atomic E-state index is 11.0. The molecule has 1 aliphatic heterocycles. The summed E-state index contributed by atoms with van der Waals surface area (Å²) in [5, 5.41) is 19.3. The SMILES string of the molecule is O=C(O)c1ccc(-c2nnc(-c3ccc(N4CCN(Cc5ccncc5)CC4)cc3)s2)cc1. The molecule has 0 amide bonds. The molecule has 33 heavy (non-hydrogen) atoms. The number of carbonyl (C=O) groups is 1. The Balaban J connectivity index is 1.21. The second-order valence-electron chi connectivity index (χ2n) is 7.96. The van der Waals surface area contributed by atoms with Crippen LogP contribution in [0, 0.1) is 0 Å². The first kappa shape index (κ1) is 21.2. The predicted octanol–water partition coefficient (Wildman–Crippen LogP) is 4.29. The Hall–Kier alpha value is -3.62. The molecule has 7 nitrogen and oxygen atoms in total. The van der Waals surface area contributed by atoms with Gasteiger partial charge in [0.1, 0.15) is 10.0 Å². The van der Waals surface area contributed by atoms with Crippen molar-refractivity contribution >= 4 is 23.0 Å². The fourth-order valence-corrected chi connectivity index (χ4v) is 4.79. The first-order valence-electron chi connectivity index (χ1n) is 10.8. The zero-order valence-electron chi connectivity index (χ0n) is 18.0. The van der Waals surface area contributed by atoms with Crippen molar-refractivity contribution < 1.29 is 9.90 Å². The molecule has 2 aromatic carbocycles. The number of anilines is 1. The zero-order valence-corrected chi connectivity index (χ0v) is 18.8. The van der Waals surface area contributed by atoms with E-state index in [1.807, 2.05) is 12.4 Å². The van der Waals surface area contributed by atoms with Gasteiger partial charge in [-0.25, -0.2) is 4.79 Å². The van der Waals surface area contributed by atoms with Crippen molar-refractivity contribution in [3.05, 3.63) is 84.2 Å². The average molecular weight is 458 g/mol. The van der Waals surface area contributed by atoms with E-state index in [0.29, 0.717) is 0 Å². The van der Waals surface area contributed by atoms with Gasteiger partial charge in [0.15, 0.2) is 0 Å². The fraction of sp³-hybridized carbons (Fsp3) is 0.200. The van der Waals surface area contributed by atoms with E-state index in [2.05, 4.69) is 61.4 Å². The molecule has 0 radical (unpaired) electrons. The van der Waals surface area contributed by atoms with E-state index in [1.54, 1.807) is 24.3 Å². The molecular weight excluding hydrogens is 434 g/mol. The third kappa shape index (κ3) is 4.92. The lowest BCUT2D eigenvalue weighted by molar-refractivity contribution is 0.0697. The Kier molecular flexibility index (Phi) is 6.10. The normalized spacial score (nSPS) is 14.4. The molecule has 0 unspecified atom stereocenters. The number of aromatic nitrogens is 3. The highest BCUT2D eigenvalue weighted by Crippen LogP contribution is 2.31. The van der Waals surface area contributed by atoms with Crippen LogP contribution < -0.4 is 4.90 Å². The van der Waals surface area contributed by atoms with Crippen LogP contribution >= 0.6 is 11.3 Å². The van der Waals surface area contributed by atoms with Gasteiger partial charge in [0.25, 0.3) is 0 Å². The quantitative estimate of drug-likeness (QED) is 0.463. The fourth-order valence-electron chi connectivity index (χ4n) is 3.94. The second-order valence-corrected chi connectivity index (χ2v) is 8.94. The summed E-state index contributed by atoms with van der Waals surface area (Å²) in [5.41, 5.74) is 4.68. The Labute approximate surface area is 196 Å². The van der Waals surface area contributed by atoms with E-state index < -0.39 is 5.97 Å². The molecule has 0 bridgehead atoms. The van der Waals surface area contributed by atoms with Gasteiger partial charge in [0, 0.05) is 61.9 Å². The van der Waals surface area contributed by atoms with Crippen LogP contribution in [0.2, 0.25) is 0 Å². The summed E-state index contributed by atoms with van der Waals surface area (Å²) in [6.45, 7) is 5.03. The van der Waals surface area contributed by atoms with Crippen molar-refractivity contribution in [2.24, 2.45) is 0 Å². The molecular formula is C25H23N5O2S. The lowest BCUT2D eigenvalue weighted by Gasteiger charge is -2.36. The number of hydrogen-bond donors (Lipinski definition) is 1. The Morgan fingerprint density at radius 3 is 1.97 bits per heavy atom. The topological polar surface area (TPSA) is 82.4 Å². The number of carboxylic acids is 1. The minimum Gasteiger partial charge on any atom is -0.478 e. The minimum atomic E-state index is -0.935. The number of aromatic carboxylic acids is 1. The maximum Gasteiger partial charge on any atom is 0.335 e. The van der Waals surface area contributed by atoms with Gasteiger partial charge in [0.05, 0.1) is 5.56 Å². The van der Waals surface area contributed by atoms with E-state index in [1.165, 1.54) is 22.6 Å². The number of rotatable bonds is 6. The Morgan fingerprint density at radius 1 is 0.818 bits per heavy atom. The molecule has 1 fully saturated rings. The van der Waals surface area contributed by atoms with Gasteiger partial charge < -0.3 is 10.0 Å². The van der Waals surface area contributed by atoms with E-state index in [4.69, 9.17) is 5.11 Å². The molecule has 5 rings (SSSR count). The Morgan fingerprint density at radius 2 is 1.39 bits per heavy atom. The van der Waals surface area contributed by atoms with E-state index in [-0.39, 0.29) is 5.56 Å². The highest BCUT2D eigenvalue weighted by Gasteiger charge is 2.18. The summed E-state index contributed by atoms with van der Waals surface area (Å²) >= 11 is 1.50. The molecule has 1 saturated heterocycles. The summed E-state index contributed by atoms with van der Waals surface area (Å²) in [5.74, 6) is -0.935. The average Bonchev–Trinajstić information content (AvgIpc) is 3.36.